The zero-order valence-corrected chi connectivity index (χ0v) is 14.4. The minimum Gasteiger partial charge on any atom is -0.307 e. The fourth-order valence-electron chi connectivity index (χ4n) is 3.17. The van der Waals surface area contributed by atoms with Crippen molar-refractivity contribution >= 4 is 11.8 Å². The molecule has 1 N–H and O–H groups in total. The molecule has 118 valence electrons. The standard InChI is InChI=1S/C17H24N4S/c1-4-21-16(15-6-5-7-18-15)19-20-17(21)22-11-14-9-12(2)8-13(3)10-14/h8-10,15,18H,4-7,11H2,1-3H3. The molecule has 1 aliphatic heterocycles. The fourth-order valence-corrected chi connectivity index (χ4v) is 4.11. The van der Waals surface area contributed by atoms with E-state index in [4.69, 9.17) is 0 Å². The first-order chi connectivity index (χ1) is 10.7. The Labute approximate surface area is 136 Å². The first-order valence-electron chi connectivity index (χ1n) is 8.04. The molecule has 1 aromatic carbocycles. The van der Waals surface area contributed by atoms with Gasteiger partial charge in [-0.3, -0.25) is 0 Å². The largest absolute Gasteiger partial charge is 0.307 e. The van der Waals surface area contributed by atoms with Crippen LogP contribution in [0.4, 0.5) is 0 Å². The van der Waals surface area contributed by atoms with Gasteiger partial charge in [-0.25, -0.2) is 0 Å². The van der Waals surface area contributed by atoms with Gasteiger partial charge < -0.3 is 9.88 Å². The van der Waals surface area contributed by atoms with Crippen LogP contribution in [-0.4, -0.2) is 21.3 Å². The maximum absolute atomic E-state index is 4.45. The molecule has 1 aliphatic rings. The second kappa shape index (κ2) is 6.84. The highest BCUT2D eigenvalue weighted by Crippen LogP contribution is 2.27. The summed E-state index contributed by atoms with van der Waals surface area (Å²) in [7, 11) is 0. The van der Waals surface area contributed by atoms with Gasteiger partial charge in [0.1, 0.15) is 0 Å². The van der Waals surface area contributed by atoms with Crippen LogP contribution in [0.3, 0.4) is 0 Å². The summed E-state index contributed by atoms with van der Waals surface area (Å²) in [6, 6.07) is 7.10. The fraction of sp³-hybridized carbons (Fsp3) is 0.529. The summed E-state index contributed by atoms with van der Waals surface area (Å²) in [5.74, 6) is 2.04. The zero-order valence-electron chi connectivity index (χ0n) is 13.6. The lowest BCUT2D eigenvalue weighted by Gasteiger charge is -2.12. The van der Waals surface area contributed by atoms with Gasteiger partial charge in [-0.2, -0.15) is 0 Å². The summed E-state index contributed by atoms with van der Waals surface area (Å²) < 4.78 is 2.26. The van der Waals surface area contributed by atoms with E-state index in [1.165, 1.54) is 29.5 Å². The maximum Gasteiger partial charge on any atom is 0.191 e. The van der Waals surface area contributed by atoms with Crippen molar-refractivity contribution in [2.75, 3.05) is 6.54 Å². The second-order valence-electron chi connectivity index (χ2n) is 6.02. The molecule has 0 radical (unpaired) electrons. The first kappa shape index (κ1) is 15.6. The highest BCUT2D eigenvalue weighted by atomic mass is 32.2. The molecule has 1 atom stereocenters. The predicted octanol–water partition coefficient (Wildman–Crippen LogP) is 3.63. The van der Waals surface area contributed by atoms with Crippen LogP contribution in [0.5, 0.6) is 0 Å². The van der Waals surface area contributed by atoms with E-state index in [1.54, 1.807) is 11.8 Å². The van der Waals surface area contributed by atoms with Crippen LogP contribution in [-0.2, 0) is 12.3 Å². The Morgan fingerprint density at radius 2 is 2.00 bits per heavy atom. The number of nitrogens with one attached hydrogen (secondary N) is 1. The number of thioether (sulfide) groups is 1. The molecule has 2 aromatic rings. The SMILES string of the molecule is CCn1c(SCc2cc(C)cc(C)c2)nnc1C1CCCN1. The van der Waals surface area contributed by atoms with Crippen LogP contribution in [0.2, 0.25) is 0 Å². The summed E-state index contributed by atoms with van der Waals surface area (Å²) in [4.78, 5) is 0. The van der Waals surface area contributed by atoms with Crippen LogP contribution in [0.1, 0.15) is 48.3 Å². The van der Waals surface area contributed by atoms with E-state index in [9.17, 15) is 0 Å². The molecule has 0 amide bonds. The molecule has 1 unspecified atom stereocenters. The van der Waals surface area contributed by atoms with Crippen molar-refractivity contribution in [2.24, 2.45) is 0 Å². The topological polar surface area (TPSA) is 42.7 Å². The van der Waals surface area contributed by atoms with Crippen molar-refractivity contribution in [3.63, 3.8) is 0 Å². The Balaban J connectivity index is 1.74. The predicted molar refractivity (Wildman–Crippen MR) is 91.2 cm³/mol. The lowest BCUT2D eigenvalue weighted by molar-refractivity contribution is 0.542. The van der Waals surface area contributed by atoms with Gasteiger partial charge in [0, 0.05) is 12.3 Å². The van der Waals surface area contributed by atoms with Crippen molar-refractivity contribution < 1.29 is 0 Å². The van der Waals surface area contributed by atoms with E-state index in [1.807, 2.05) is 0 Å². The molecule has 1 fully saturated rings. The van der Waals surface area contributed by atoms with Gasteiger partial charge in [-0.05, 0) is 45.7 Å². The molecule has 22 heavy (non-hydrogen) atoms. The molecule has 0 bridgehead atoms. The highest BCUT2D eigenvalue weighted by Gasteiger charge is 2.23. The van der Waals surface area contributed by atoms with Crippen LogP contribution < -0.4 is 5.32 Å². The lowest BCUT2D eigenvalue weighted by Crippen LogP contribution is -2.18. The molecule has 4 nitrogen and oxygen atoms in total. The van der Waals surface area contributed by atoms with Crippen molar-refractivity contribution in [1.29, 1.82) is 0 Å². The van der Waals surface area contributed by atoms with E-state index >= 15 is 0 Å². The van der Waals surface area contributed by atoms with Gasteiger partial charge in [0.05, 0.1) is 6.04 Å². The van der Waals surface area contributed by atoms with Gasteiger partial charge in [0.2, 0.25) is 0 Å². The molecule has 0 spiro atoms. The smallest absolute Gasteiger partial charge is 0.191 e. The molecular weight excluding hydrogens is 292 g/mol. The van der Waals surface area contributed by atoms with Gasteiger partial charge in [-0.1, -0.05) is 41.1 Å². The summed E-state index contributed by atoms with van der Waals surface area (Å²) in [6.45, 7) is 8.49. The number of aryl methyl sites for hydroxylation is 2. The first-order valence-corrected chi connectivity index (χ1v) is 9.02. The average Bonchev–Trinajstić information content (AvgIpc) is 3.12. The molecule has 0 saturated carbocycles. The minimum absolute atomic E-state index is 0.378. The minimum atomic E-state index is 0.378. The van der Waals surface area contributed by atoms with E-state index in [-0.39, 0.29) is 0 Å². The van der Waals surface area contributed by atoms with Gasteiger partial charge >= 0.3 is 0 Å². The van der Waals surface area contributed by atoms with Crippen molar-refractivity contribution in [3.8, 4) is 0 Å². The van der Waals surface area contributed by atoms with Crippen molar-refractivity contribution in [2.45, 2.75) is 57.1 Å². The number of nitrogens with zero attached hydrogens (tertiary/aromatic N) is 3. The summed E-state index contributed by atoms with van der Waals surface area (Å²) >= 11 is 1.78. The molecule has 1 saturated heterocycles. The third-order valence-electron chi connectivity index (χ3n) is 4.08. The summed E-state index contributed by atoms with van der Waals surface area (Å²) in [5.41, 5.74) is 4.00. The van der Waals surface area contributed by atoms with Crippen molar-refractivity contribution in [3.05, 3.63) is 40.7 Å². The quantitative estimate of drug-likeness (QED) is 0.855. The van der Waals surface area contributed by atoms with Crippen LogP contribution in [0, 0.1) is 13.8 Å². The Morgan fingerprint density at radius 3 is 2.64 bits per heavy atom. The lowest BCUT2D eigenvalue weighted by atomic mass is 10.1. The zero-order chi connectivity index (χ0) is 15.5. The normalized spacial score (nSPS) is 18.0. The average molecular weight is 316 g/mol. The van der Waals surface area contributed by atoms with E-state index in [0.717, 1.165) is 29.8 Å². The number of hydrogen-bond acceptors (Lipinski definition) is 4. The summed E-state index contributed by atoms with van der Waals surface area (Å²) in [6.07, 6.45) is 2.40. The Bertz CT molecular complexity index is 624. The summed E-state index contributed by atoms with van der Waals surface area (Å²) in [5, 5.41) is 13.4. The van der Waals surface area contributed by atoms with E-state index < -0.39 is 0 Å². The number of benzene rings is 1. The molecule has 1 aromatic heterocycles. The van der Waals surface area contributed by atoms with E-state index in [0.29, 0.717) is 6.04 Å². The van der Waals surface area contributed by atoms with Crippen LogP contribution in [0.25, 0.3) is 0 Å². The van der Waals surface area contributed by atoms with Crippen LogP contribution >= 0.6 is 11.8 Å². The second-order valence-corrected chi connectivity index (χ2v) is 6.96. The monoisotopic (exact) mass is 316 g/mol. The molecule has 2 heterocycles. The van der Waals surface area contributed by atoms with Crippen LogP contribution in [0.15, 0.2) is 23.4 Å². The van der Waals surface area contributed by atoms with Gasteiger partial charge in [0.25, 0.3) is 0 Å². The Kier molecular flexibility index (Phi) is 4.84. The van der Waals surface area contributed by atoms with Gasteiger partial charge in [0.15, 0.2) is 11.0 Å². The third-order valence-corrected chi connectivity index (χ3v) is 5.12. The molecule has 5 heteroatoms. The molecule has 0 aliphatic carbocycles. The number of hydrogen-bond donors (Lipinski definition) is 1. The third kappa shape index (κ3) is 3.36. The van der Waals surface area contributed by atoms with Gasteiger partial charge in [-0.15, -0.1) is 10.2 Å². The molecular formula is C17H24N4S. The molecule has 3 rings (SSSR count). The Hall–Kier alpha value is -1.33. The number of aromatic nitrogens is 3. The number of rotatable bonds is 5. The van der Waals surface area contributed by atoms with Crippen molar-refractivity contribution in [1.82, 2.24) is 20.1 Å². The highest BCUT2D eigenvalue weighted by molar-refractivity contribution is 7.98. The Morgan fingerprint density at radius 1 is 1.23 bits per heavy atom. The maximum atomic E-state index is 4.45. The van der Waals surface area contributed by atoms with E-state index in [2.05, 4.69) is 59.1 Å².